The Kier molecular flexibility index (Phi) is 4.38. The lowest BCUT2D eigenvalue weighted by molar-refractivity contribution is -0.334. The molecule has 0 aliphatic heterocycles. The quantitative estimate of drug-likeness (QED) is 0.793. The van der Waals surface area contributed by atoms with E-state index in [1.54, 1.807) is 0 Å². The van der Waals surface area contributed by atoms with E-state index in [1.807, 2.05) is 0 Å². The Labute approximate surface area is 100.0 Å². The Balaban J connectivity index is 5.61. The van der Waals surface area contributed by atoms with Gasteiger partial charge in [0, 0.05) is 0 Å². The van der Waals surface area contributed by atoms with Crippen LogP contribution in [0.2, 0.25) is 0 Å². The molecule has 0 amide bonds. The van der Waals surface area contributed by atoms with Crippen LogP contribution in [0.15, 0.2) is 0 Å². The highest BCUT2D eigenvalue weighted by Crippen LogP contribution is 2.54. The van der Waals surface area contributed by atoms with Gasteiger partial charge in [0.25, 0.3) is 5.41 Å². The highest BCUT2D eigenvalue weighted by Gasteiger charge is 2.75. The molecule has 0 aliphatic carbocycles. The van der Waals surface area contributed by atoms with Gasteiger partial charge >= 0.3 is 18.3 Å². The minimum absolute atomic E-state index is 0.516. The third kappa shape index (κ3) is 3.29. The van der Waals surface area contributed by atoms with E-state index in [9.17, 15) is 31.1 Å². The number of hydrogen-bond acceptors (Lipinski definition) is 1. The van der Waals surface area contributed by atoms with Crippen molar-refractivity contribution in [3.8, 4) is 0 Å². The fourth-order valence-corrected chi connectivity index (χ4v) is 1.36. The van der Waals surface area contributed by atoms with Gasteiger partial charge in [-0.25, -0.2) is 0 Å². The van der Waals surface area contributed by atoms with Crippen molar-refractivity contribution in [1.29, 1.82) is 0 Å². The van der Waals surface area contributed by atoms with E-state index in [4.69, 9.17) is 5.11 Å². The van der Waals surface area contributed by atoms with Gasteiger partial charge in [0.1, 0.15) is 0 Å². The van der Waals surface area contributed by atoms with Crippen molar-refractivity contribution in [2.45, 2.75) is 46.0 Å². The van der Waals surface area contributed by atoms with Gasteiger partial charge in [0.05, 0.1) is 0 Å². The summed E-state index contributed by atoms with van der Waals surface area (Å²) in [5.41, 5.74) is -5.54. The molecule has 0 bridgehead atoms. The zero-order chi connectivity index (χ0) is 15.0. The van der Waals surface area contributed by atoms with Crippen molar-refractivity contribution in [2.24, 2.45) is 10.8 Å². The van der Waals surface area contributed by atoms with Crippen LogP contribution in [-0.4, -0.2) is 23.4 Å². The maximum Gasteiger partial charge on any atom is 0.413 e. The summed E-state index contributed by atoms with van der Waals surface area (Å²) in [6.07, 6.45) is -13.8. The molecule has 0 aromatic heterocycles. The largest absolute Gasteiger partial charge is 0.480 e. The van der Waals surface area contributed by atoms with Crippen LogP contribution in [-0.2, 0) is 4.79 Å². The first kappa shape index (κ1) is 17.1. The monoisotopic (exact) mass is 280 g/mol. The molecule has 0 radical (unpaired) electrons. The van der Waals surface area contributed by atoms with Crippen LogP contribution in [0.1, 0.15) is 33.6 Å². The molecule has 0 aromatic rings. The van der Waals surface area contributed by atoms with Crippen LogP contribution in [0.25, 0.3) is 0 Å². The third-order valence-corrected chi connectivity index (χ3v) is 2.58. The van der Waals surface area contributed by atoms with Crippen LogP contribution >= 0.6 is 0 Å². The molecule has 0 saturated carbocycles. The SMILES string of the molecule is CC(C)(C)CCC(C(=O)O)(C(F)(F)F)C(F)(F)F. The maximum atomic E-state index is 12.6. The minimum Gasteiger partial charge on any atom is -0.480 e. The lowest BCUT2D eigenvalue weighted by Crippen LogP contribution is -2.55. The molecule has 0 fully saturated rings. The first-order valence-electron chi connectivity index (χ1n) is 5.02. The summed E-state index contributed by atoms with van der Waals surface area (Å²) in [5.74, 6) is -2.91. The number of rotatable bonds is 3. The van der Waals surface area contributed by atoms with Crippen LogP contribution in [0, 0.1) is 10.8 Å². The molecule has 8 heteroatoms. The number of carboxylic acid groups (broad SMARTS) is 1. The molecule has 0 saturated heterocycles. The topological polar surface area (TPSA) is 37.3 Å². The Morgan fingerprint density at radius 2 is 1.22 bits per heavy atom. The van der Waals surface area contributed by atoms with E-state index < -0.39 is 42.0 Å². The molecule has 2 nitrogen and oxygen atoms in total. The standard InChI is InChI=1S/C10H14F6O2/c1-7(2,3)4-5-8(6(17)18,9(11,12)13)10(14,15)16/h4-5H2,1-3H3,(H,17,18). The van der Waals surface area contributed by atoms with Gasteiger partial charge in [-0.1, -0.05) is 20.8 Å². The van der Waals surface area contributed by atoms with E-state index in [1.165, 1.54) is 20.8 Å². The Morgan fingerprint density at radius 1 is 0.889 bits per heavy atom. The fourth-order valence-electron chi connectivity index (χ4n) is 1.36. The summed E-state index contributed by atoms with van der Waals surface area (Å²) in [4.78, 5) is 10.6. The van der Waals surface area contributed by atoms with Gasteiger partial charge in [-0.15, -0.1) is 0 Å². The van der Waals surface area contributed by atoms with Crippen LogP contribution in [0.4, 0.5) is 26.3 Å². The first-order valence-corrected chi connectivity index (χ1v) is 5.02. The van der Waals surface area contributed by atoms with Gasteiger partial charge in [-0.05, 0) is 18.3 Å². The number of alkyl halides is 6. The second-order valence-corrected chi connectivity index (χ2v) is 5.27. The van der Waals surface area contributed by atoms with E-state index >= 15 is 0 Å². The lowest BCUT2D eigenvalue weighted by atomic mass is 9.76. The average Bonchev–Trinajstić information content (AvgIpc) is 1.95. The molecule has 0 heterocycles. The van der Waals surface area contributed by atoms with E-state index in [0.717, 1.165) is 0 Å². The fraction of sp³-hybridized carbons (Fsp3) is 0.900. The molecule has 18 heavy (non-hydrogen) atoms. The predicted molar refractivity (Wildman–Crippen MR) is 50.9 cm³/mol. The van der Waals surface area contributed by atoms with Crippen LogP contribution in [0.5, 0.6) is 0 Å². The number of carboxylic acids is 1. The molecule has 1 N–H and O–H groups in total. The highest BCUT2D eigenvalue weighted by atomic mass is 19.4. The molecular weight excluding hydrogens is 266 g/mol. The highest BCUT2D eigenvalue weighted by molar-refractivity contribution is 5.76. The second-order valence-electron chi connectivity index (χ2n) is 5.27. The summed E-state index contributed by atoms with van der Waals surface area (Å²) in [5, 5.41) is 8.45. The molecular formula is C10H14F6O2. The average molecular weight is 280 g/mol. The van der Waals surface area contributed by atoms with Crippen LogP contribution < -0.4 is 0 Å². The normalized spacial score (nSPS) is 14.7. The van der Waals surface area contributed by atoms with Gasteiger partial charge in [0.15, 0.2) is 0 Å². The molecule has 108 valence electrons. The van der Waals surface area contributed by atoms with E-state index in [-0.39, 0.29) is 0 Å². The van der Waals surface area contributed by atoms with Crippen molar-refractivity contribution < 1.29 is 36.2 Å². The van der Waals surface area contributed by atoms with Crippen molar-refractivity contribution >= 4 is 5.97 Å². The zero-order valence-electron chi connectivity index (χ0n) is 10.0. The summed E-state index contributed by atoms with van der Waals surface area (Å²) >= 11 is 0. The molecule has 0 rings (SSSR count). The number of carbonyl (C=O) groups is 1. The molecule has 0 spiro atoms. The van der Waals surface area contributed by atoms with Crippen molar-refractivity contribution in [2.75, 3.05) is 0 Å². The smallest absolute Gasteiger partial charge is 0.413 e. The van der Waals surface area contributed by atoms with Gasteiger partial charge < -0.3 is 5.11 Å². The van der Waals surface area contributed by atoms with E-state index in [2.05, 4.69) is 0 Å². The zero-order valence-corrected chi connectivity index (χ0v) is 10.0. The molecule has 0 aromatic carbocycles. The van der Waals surface area contributed by atoms with Crippen molar-refractivity contribution in [3.63, 3.8) is 0 Å². The Hall–Kier alpha value is -0.950. The van der Waals surface area contributed by atoms with Gasteiger partial charge in [-0.3, -0.25) is 4.79 Å². The number of halogens is 6. The third-order valence-electron chi connectivity index (χ3n) is 2.58. The Bertz CT molecular complexity index is 296. The van der Waals surface area contributed by atoms with Crippen LogP contribution in [0.3, 0.4) is 0 Å². The molecule has 0 aliphatic rings. The van der Waals surface area contributed by atoms with Crippen molar-refractivity contribution in [1.82, 2.24) is 0 Å². The maximum absolute atomic E-state index is 12.6. The summed E-state index contributed by atoms with van der Waals surface area (Å²) in [6.45, 7) is 4.31. The molecule has 0 atom stereocenters. The minimum atomic E-state index is -5.89. The van der Waals surface area contributed by atoms with Gasteiger partial charge in [-0.2, -0.15) is 26.3 Å². The first-order chi connectivity index (χ1) is 7.65. The number of hydrogen-bond donors (Lipinski definition) is 1. The lowest BCUT2D eigenvalue weighted by Gasteiger charge is -2.35. The summed E-state index contributed by atoms with van der Waals surface area (Å²) < 4.78 is 75.6. The predicted octanol–water partition coefficient (Wildman–Crippen LogP) is 4.01. The second kappa shape index (κ2) is 4.62. The molecule has 0 unspecified atom stereocenters. The summed E-state index contributed by atoms with van der Waals surface area (Å²) in [6, 6.07) is 0. The van der Waals surface area contributed by atoms with E-state index in [0.29, 0.717) is 0 Å². The summed E-state index contributed by atoms with van der Waals surface area (Å²) in [7, 11) is 0. The Morgan fingerprint density at radius 3 is 1.39 bits per heavy atom. The van der Waals surface area contributed by atoms with Crippen molar-refractivity contribution in [3.05, 3.63) is 0 Å². The van der Waals surface area contributed by atoms with Gasteiger partial charge in [0.2, 0.25) is 0 Å². The number of aliphatic carboxylic acids is 1.